The molecule has 7 heteroatoms. The van der Waals surface area contributed by atoms with Crippen LogP contribution in [-0.2, 0) is 0 Å². The summed E-state index contributed by atoms with van der Waals surface area (Å²) in [6.45, 7) is 0.247. The normalized spacial score (nSPS) is 10.0. The third kappa shape index (κ3) is 3.69. The molecule has 0 bridgehead atoms. The van der Waals surface area contributed by atoms with E-state index in [1.165, 1.54) is 12.1 Å². The van der Waals surface area contributed by atoms with E-state index in [-0.39, 0.29) is 29.4 Å². The first-order valence-corrected chi connectivity index (χ1v) is 5.27. The summed E-state index contributed by atoms with van der Waals surface area (Å²) >= 11 is 5.78. The smallest absolute Gasteiger partial charge is 0.270 e. The molecule has 1 amide bonds. The fourth-order valence-corrected chi connectivity index (χ4v) is 1.38. The van der Waals surface area contributed by atoms with E-state index < -0.39 is 10.8 Å². The average molecular weight is 259 g/mol. The predicted octanol–water partition coefficient (Wildman–Crippen LogP) is 1.36. The van der Waals surface area contributed by atoms with Gasteiger partial charge in [0.2, 0.25) is 0 Å². The van der Waals surface area contributed by atoms with E-state index in [4.69, 9.17) is 16.7 Å². The highest BCUT2D eigenvalue weighted by molar-refractivity contribution is 6.33. The maximum atomic E-state index is 11.6. The molecule has 92 valence electrons. The van der Waals surface area contributed by atoms with Gasteiger partial charge in [-0.05, 0) is 12.5 Å². The van der Waals surface area contributed by atoms with E-state index in [0.717, 1.165) is 6.07 Å². The van der Waals surface area contributed by atoms with Crippen molar-refractivity contribution in [3.05, 3.63) is 38.9 Å². The number of rotatable bonds is 5. The Bertz CT molecular complexity index is 436. The van der Waals surface area contributed by atoms with E-state index in [1.54, 1.807) is 0 Å². The molecule has 0 aliphatic rings. The molecule has 0 unspecified atom stereocenters. The van der Waals surface area contributed by atoms with Crippen LogP contribution in [0.2, 0.25) is 5.02 Å². The van der Waals surface area contributed by atoms with Crippen LogP contribution in [0.4, 0.5) is 5.69 Å². The molecular formula is C10H11ClN2O4. The van der Waals surface area contributed by atoms with Gasteiger partial charge >= 0.3 is 0 Å². The fourth-order valence-electron chi connectivity index (χ4n) is 1.18. The number of aliphatic hydroxyl groups is 1. The van der Waals surface area contributed by atoms with Gasteiger partial charge in [-0.15, -0.1) is 0 Å². The lowest BCUT2D eigenvalue weighted by molar-refractivity contribution is -0.384. The zero-order chi connectivity index (χ0) is 12.8. The molecule has 0 saturated carbocycles. The predicted molar refractivity (Wildman–Crippen MR) is 62.1 cm³/mol. The van der Waals surface area contributed by atoms with Crippen molar-refractivity contribution < 1.29 is 14.8 Å². The van der Waals surface area contributed by atoms with Gasteiger partial charge in [0.1, 0.15) is 0 Å². The van der Waals surface area contributed by atoms with Crippen molar-refractivity contribution in [1.82, 2.24) is 5.32 Å². The molecule has 0 aliphatic heterocycles. The van der Waals surface area contributed by atoms with Crippen molar-refractivity contribution >= 4 is 23.2 Å². The Morgan fingerprint density at radius 2 is 2.24 bits per heavy atom. The lowest BCUT2D eigenvalue weighted by atomic mass is 10.2. The van der Waals surface area contributed by atoms with Crippen LogP contribution in [0.5, 0.6) is 0 Å². The molecule has 0 saturated heterocycles. The Morgan fingerprint density at radius 3 is 2.82 bits per heavy atom. The molecule has 0 atom stereocenters. The number of aliphatic hydroxyl groups excluding tert-OH is 1. The van der Waals surface area contributed by atoms with Crippen LogP contribution < -0.4 is 5.32 Å². The number of nitrogens with zero attached hydrogens (tertiary/aromatic N) is 1. The monoisotopic (exact) mass is 258 g/mol. The minimum atomic E-state index is -0.596. The van der Waals surface area contributed by atoms with Crippen LogP contribution in [-0.4, -0.2) is 29.1 Å². The summed E-state index contributed by atoms with van der Waals surface area (Å²) in [5.74, 6) is -0.493. The molecule has 0 heterocycles. The SMILES string of the molecule is O=C(NCCCO)c1cc([N+](=O)[O-])ccc1Cl. The van der Waals surface area contributed by atoms with Crippen LogP contribution >= 0.6 is 11.6 Å². The number of carbonyl (C=O) groups is 1. The van der Waals surface area contributed by atoms with Gasteiger partial charge in [-0.2, -0.15) is 0 Å². The Labute approximate surface area is 102 Å². The fraction of sp³-hybridized carbons (Fsp3) is 0.300. The van der Waals surface area contributed by atoms with Crippen LogP contribution in [0.15, 0.2) is 18.2 Å². The molecule has 1 aromatic carbocycles. The first kappa shape index (κ1) is 13.4. The first-order chi connectivity index (χ1) is 8.06. The van der Waals surface area contributed by atoms with E-state index in [2.05, 4.69) is 5.32 Å². The number of nitrogens with one attached hydrogen (secondary N) is 1. The van der Waals surface area contributed by atoms with Gasteiger partial charge in [0, 0.05) is 25.3 Å². The minimum absolute atomic E-state index is 0.0387. The Balaban J connectivity index is 2.84. The number of nitro groups is 1. The maximum Gasteiger partial charge on any atom is 0.270 e. The summed E-state index contributed by atoms with van der Waals surface area (Å²) in [7, 11) is 0. The highest BCUT2D eigenvalue weighted by Gasteiger charge is 2.15. The minimum Gasteiger partial charge on any atom is -0.396 e. The Kier molecular flexibility index (Phi) is 4.86. The summed E-state index contributed by atoms with van der Waals surface area (Å²) in [4.78, 5) is 21.6. The second-order valence-electron chi connectivity index (χ2n) is 3.25. The number of non-ortho nitro benzene ring substituents is 1. The van der Waals surface area contributed by atoms with E-state index in [1.807, 2.05) is 0 Å². The molecular weight excluding hydrogens is 248 g/mol. The zero-order valence-electron chi connectivity index (χ0n) is 8.85. The van der Waals surface area contributed by atoms with E-state index in [0.29, 0.717) is 6.42 Å². The number of hydrogen-bond donors (Lipinski definition) is 2. The van der Waals surface area contributed by atoms with Crippen LogP contribution in [0.3, 0.4) is 0 Å². The topological polar surface area (TPSA) is 92.5 Å². The molecule has 0 spiro atoms. The van der Waals surface area contributed by atoms with Crippen molar-refractivity contribution in [3.8, 4) is 0 Å². The molecule has 1 aromatic rings. The van der Waals surface area contributed by atoms with Gasteiger partial charge in [0.25, 0.3) is 11.6 Å². The van der Waals surface area contributed by atoms with Gasteiger partial charge in [0.15, 0.2) is 0 Å². The number of benzene rings is 1. The highest BCUT2D eigenvalue weighted by Crippen LogP contribution is 2.21. The summed E-state index contributed by atoms with van der Waals surface area (Å²) < 4.78 is 0. The van der Waals surface area contributed by atoms with E-state index in [9.17, 15) is 14.9 Å². The molecule has 0 radical (unpaired) electrons. The summed E-state index contributed by atoms with van der Waals surface area (Å²) in [6, 6.07) is 3.66. The molecule has 1 rings (SSSR count). The molecule has 0 fully saturated rings. The van der Waals surface area contributed by atoms with Crippen LogP contribution in [0.1, 0.15) is 16.8 Å². The maximum absolute atomic E-state index is 11.6. The van der Waals surface area contributed by atoms with Crippen molar-refractivity contribution in [2.75, 3.05) is 13.2 Å². The molecule has 17 heavy (non-hydrogen) atoms. The number of halogens is 1. The van der Waals surface area contributed by atoms with Crippen molar-refractivity contribution in [3.63, 3.8) is 0 Å². The molecule has 6 nitrogen and oxygen atoms in total. The van der Waals surface area contributed by atoms with Gasteiger partial charge < -0.3 is 10.4 Å². The summed E-state index contributed by atoms with van der Waals surface area (Å²) in [5, 5.41) is 21.8. The number of amides is 1. The second-order valence-corrected chi connectivity index (χ2v) is 3.66. The Hall–Kier alpha value is -1.66. The van der Waals surface area contributed by atoms with Gasteiger partial charge in [-0.25, -0.2) is 0 Å². The number of hydrogen-bond acceptors (Lipinski definition) is 4. The third-order valence-corrected chi connectivity index (χ3v) is 2.36. The summed E-state index contributed by atoms with van der Waals surface area (Å²) in [5.41, 5.74) is -0.138. The molecule has 0 aliphatic carbocycles. The van der Waals surface area contributed by atoms with Gasteiger partial charge in [-0.3, -0.25) is 14.9 Å². The summed E-state index contributed by atoms with van der Waals surface area (Å²) in [6.07, 6.45) is 0.415. The lowest BCUT2D eigenvalue weighted by Gasteiger charge is -2.05. The molecule has 2 N–H and O–H groups in total. The van der Waals surface area contributed by atoms with Gasteiger partial charge in [0.05, 0.1) is 15.5 Å². The van der Waals surface area contributed by atoms with Crippen LogP contribution in [0.25, 0.3) is 0 Å². The Morgan fingerprint density at radius 1 is 1.53 bits per heavy atom. The third-order valence-electron chi connectivity index (χ3n) is 2.03. The molecule has 0 aromatic heterocycles. The zero-order valence-corrected chi connectivity index (χ0v) is 9.61. The second kappa shape index (κ2) is 6.17. The van der Waals surface area contributed by atoms with E-state index >= 15 is 0 Å². The number of carbonyl (C=O) groups excluding carboxylic acids is 1. The largest absolute Gasteiger partial charge is 0.396 e. The quantitative estimate of drug-likeness (QED) is 0.474. The van der Waals surface area contributed by atoms with Gasteiger partial charge in [-0.1, -0.05) is 11.6 Å². The van der Waals surface area contributed by atoms with Crippen molar-refractivity contribution in [2.24, 2.45) is 0 Å². The van der Waals surface area contributed by atoms with Crippen molar-refractivity contribution in [1.29, 1.82) is 0 Å². The van der Waals surface area contributed by atoms with Crippen LogP contribution in [0, 0.1) is 10.1 Å². The first-order valence-electron chi connectivity index (χ1n) is 4.89. The standard InChI is InChI=1S/C10H11ClN2O4/c11-9-3-2-7(13(16)17)6-8(9)10(15)12-4-1-5-14/h2-3,6,14H,1,4-5H2,(H,12,15). The average Bonchev–Trinajstić information content (AvgIpc) is 2.29. The lowest BCUT2D eigenvalue weighted by Crippen LogP contribution is -2.25. The highest BCUT2D eigenvalue weighted by atomic mass is 35.5. The number of nitro benzene ring substituents is 1. The van der Waals surface area contributed by atoms with Crippen molar-refractivity contribution in [2.45, 2.75) is 6.42 Å².